The van der Waals surface area contributed by atoms with Crippen LogP contribution < -0.4 is 21.7 Å². The molecule has 5 rings (SSSR count). The highest BCUT2D eigenvalue weighted by Crippen LogP contribution is 2.26. The molecule has 1 unspecified atom stereocenters. The van der Waals surface area contributed by atoms with Crippen LogP contribution in [0.1, 0.15) is 52.7 Å². The number of carbonyl (C=O) groups excluding carboxylic acids is 1. The molecule has 1 saturated heterocycles. The number of nitrogens with two attached hydrogens (primary N) is 2. The van der Waals surface area contributed by atoms with Crippen LogP contribution in [0.15, 0.2) is 72.8 Å². The van der Waals surface area contributed by atoms with Crippen molar-refractivity contribution in [3.05, 3.63) is 95.2 Å². The summed E-state index contributed by atoms with van der Waals surface area (Å²) in [7, 11) is 0. The van der Waals surface area contributed by atoms with Gasteiger partial charge in [-0.1, -0.05) is 42.5 Å². The van der Waals surface area contributed by atoms with Gasteiger partial charge in [0.2, 0.25) is 0 Å². The van der Waals surface area contributed by atoms with Crippen LogP contribution >= 0.6 is 0 Å². The maximum atomic E-state index is 13.6. The van der Waals surface area contributed by atoms with E-state index in [1.165, 1.54) is 19.3 Å². The molecule has 1 amide bonds. The number of carbonyl (C=O) groups is 1. The van der Waals surface area contributed by atoms with Gasteiger partial charge >= 0.3 is 0 Å². The molecular weight excluding hydrogens is 464 g/mol. The summed E-state index contributed by atoms with van der Waals surface area (Å²) in [6.07, 6.45) is 2.59. The highest BCUT2D eigenvalue weighted by Gasteiger charge is 2.18. The lowest BCUT2D eigenvalue weighted by atomic mass is 10.1. The van der Waals surface area contributed by atoms with Crippen LogP contribution in [0.3, 0.4) is 0 Å². The highest BCUT2D eigenvalue weighted by molar-refractivity contribution is 6.07. The Morgan fingerprint density at radius 1 is 1.00 bits per heavy atom. The third kappa shape index (κ3) is 5.35. The smallest absolute Gasteiger partial charge is 0.272 e. The number of piperidine rings is 1. The topological polar surface area (TPSA) is 133 Å². The lowest BCUT2D eigenvalue weighted by Crippen LogP contribution is -2.29. The Labute approximate surface area is 216 Å². The molecule has 37 heavy (non-hydrogen) atoms. The molecule has 3 aromatic carbocycles. The predicted octanol–water partition coefficient (Wildman–Crippen LogP) is 4.17. The Hall–Kier alpha value is -4.14. The summed E-state index contributed by atoms with van der Waals surface area (Å²) in [5.74, 6) is -0.248. The SMILES string of the molecule is N=C(N)c1ccc2cc(C(=O)Nc3cccc(N4CCCCC4)c3)n(Cc3ccc(C(N)O)cc3)c2c1. The number of amidine groups is 1. The largest absolute Gasteiger partial charge is 0.384 e. The molecule has 1 aliphatic rings. The summed E-state index contributed by atoms with van der Waals surface area (Å²) >= 11 is 0. The van der Waals surface area contributed by atoms with Crippen LogP contribution in [0.4, 0.5) is 11.4 Å². The van der Waals surface area contributed by atoms with Crippen molar-refractivity contribution in [3.8, 4) is 0 Å². The van der Waals surface area contributed by atoms with E-state index in [4.69, 9.17) is 16.9 Å². The first-order valence-electron chi connectivity index (χ1n) is 12.6. The number of hydrogen-bond acceptors (Lipinski definition) is 5. The van der Waals surface area contributed by atoms with Gasteiger partial charge in [0, 0.05) is 47.5 Å². The van der Waals surface area contributed by atoms with Crippen molar-refractivity contribution in [2.75, 3.05) is 23.3 Å². The standard InChI is InChI=1S/C29H32N6O2/c30-27(31)22-12-11-21-15-26(35(25(21)16-22)18-19-7-9-20(10-8-19)28(32)36)29(37)33-23-5-4-6-24(17-23)34-13-2-1-3-14-34/h4-12,15-17,28,36H,1-3,13-14,18,32H2,(H3,30,31)(H,33,37). The number of rotatable bonds is 7. The van der Waals surface area contributed by atoms with Gasteiger partial charge in [-0.2, -0.15) is 0 Å². The fourth-order valence-corrected chi connectivity index (χ4v) is 4.91. The first kappa shape index (κ1) is 24.5. The Bertz CT molecular complexity index is 1430. The van der Waals surface area contributed by atoms with Crippen LogP contribution in [0.5, 0.6) is 0 Å². The second kappa shape index (κ2) is 10.5. The molecule has 0 bridgehead atoms. The molecule has 7 N–H and O–H groups in total. The van der Waals surface area contributed by atoms with Gasteiger partial charge < -0.3 is 31.4 Å². The molecule has 0 radical (unpaired) electrons. The maximum absolute atomic E-state index is 13.6. The van der Waals surface area contributed by atoms with E-state index in [0.29, 0.717) is 23.4 Å². The van der Waals surface area contributed by atoms with E-state index >= 15 is 0 Å². The Balaban J connectivity index is 1.48. The molecule has 8 heteroatoms. The van der Waals surface area contributed by atoms with Gasteiger partial charge in [0.1, 0.15) is 17.8 Å². The number of amides is 1. The monoisotopic (exact) mass is 496 g/mol. The van der Waals surface area contributed by atoms with Crippen molar-refractivity contribution >= 4 is 34.0 Å². The van der Waals surface area contributed by atoms with Gasteiger partial charge in [0.15, 0.2) is 0 Å². The van der Waals surface area contributed by atoms with Crippen molar-refractivity contribution < 1.29 is 9.90 Å². The van der Waals surface area contributed by atoms with E-state index in [-0.39, 0.29) is 11.7 Å². The molecule has 2 heterocycles. The minimum absolute atomic E-state index is 0.0311. The molecule has 1 fully saturated rings. The van der Waals surface area contributed by atoms with E-state index in [0.717, 1.165) is 40.9 Å². The molecule has 4 aromatic rings. The van der Waals surface area contributed by atoms with E-state index in [1.54, 1.807) is 18.2 Å². The normalized spacial score (nSPS) is 14.5. The van der Waals surface area contributed by atoms with E-state index < -0.39 is 6.23 Å². The molecule has 190 valence electrons. The zero-order valence-electron chi connectivity index (χ0n) is 20.7. The number of aliphatic hydroxyl groups excluding tert-OH is 1. The van der Waals surface area contributed by atoms with Crippen LogP contribution in [-0.2, 0) is 6.54 Å². The van der Waals surface area contributed by atoms with Crippen LogP contribution in [0.25, 0.3) is 10.9 Å². The summed E-state index contributed by atoms with van der Waals surface area (Å²) in [6.45, 7) is 2.48. The highest BCUT2D eigenvalue weighted by atomic mass is 16.3. The number of anilines is 2. The molecule has 8 nitrogen and oxygen atoms in total. The summed E-state index contributed by atoms with van der Waals surface area (Å²) in [6, 6.07) is 22.7. The number of benzene rings is 3. The second-order valence-corrected chi connectivity index (χ2v) is 9.54. The lowest BCUT2D eigenvalue weighted by molar-refractivity contribution is 0.101. The second-order valence-electron chi connectivity index (χ2n) is 9.54. The van der Waals surface area contributed by atoms with Crippen molar-refractivity contribution in [2.45, 2.75) is 32.0 Å². The van der Waals surface area contributed by atoms with Gasteiger partial charge in [0.25, 0.3) is 5.91 Å². The maximum Gasteiger partial charge on any atom is 0.272 e. The predicted molar refractivity (Wildman–Crippen MR) is 148 cm³/mol. The Morgan fingerprint density at radius 2 is 1.76 bits per heavy atom. The number of nitrogens with one attached hydrogen (secondary N) is 2. The van der Waals surface area contributed by atoms with Crippen LogP contribution in [0.2, 0.25) is 0 Å². The zero-order valence-corrected chi connectivity index (χ0v) is 20.7. The van der Waals surface area contributed by atoms with Crippen molar-refractivity contribution in [3.63, 3.8) is 0 Å². The first-order valence-corrected chi connectivity index (χ1v) is 12.6. The van der Waals surface area contributed by atoms with Gasteiger partial charge in [-0.15, -0.1) is 0 Å². The summed E-state index contributed by atoms with van der Waals surface area (Å²) in [5, 5.41) is 21.5. The molecular formula is C29H32N6O2. The molecule has 1 aliphatic heterocycles. The molecule has 0 spiro atoms. The third-order valence-corrected chi connectivity index (χ3v) is 6.94. The fraction of sp³-hybridized carbons (Fsp3) is 0.241. The fourth-order valence-electron chi connectivity index (χ4n) is 4.91. The Kier molecular flexibility index (Phi) is 6.94. The van der Waals surface area contributed by atoms with Crippen LogP contribution in [-0.4, -0.2) is 34.5 Å². The number of aromatic nitrogens is 1. The van der Waals surface area contributed by atoms with Crippen molar-refractivity contribution in [1.82, 2.24) is 4.57 Å². The minimum Gasteiger partial charge on any atom is -0.384 e. The first-order chi connectivity index (χ1) is 17.9. The number of nitrogens with zero attached hydrogens (tertiary/aromatic N) is 2. The third-order valence-electron chi connectivity index (χ3n) is 6.94. The van der Waals surface area contributed by atoms with E-state index in [9.17, 15) is 9.90 Å². The summed E-state index contributed by atoms with van der Waals surface area (Å²) in [4.78, 5) is 15.9. The van der Waals surface area contributed by atoms with Gasteiger partial charge in [-0.25, -0.2) is 0 Å². The molecule has 0 aliphatic carbocycles. The number of fused-ring (bicyclic) bond motifs is 1. The van der Waals surface area contributed by atoms with E-state index in [1.807, 2.05) is 53.1 Å². The van der Waals surface area contributed by atoms with Crippen molar-refractivity contribution in [1.29, 1.82) is 5.41 Å². The summed E-state index contributed by atoms with van der Waals surface area (Å²) in [5.41, 5.74) is 16.7. The van der Waals surface area contributed by atoms with Gasteiger partial charge in [-0.3, -0.25) is 10.2 Å². The summed E-state index contributed by atoms with van der Waals surface area (Å²) < 4.78 is 1.93. The van der Waals surface area contributed by atoms with E-state index in [2.05, 4.69) is 16.3 Å². The van der Waals surface area contributed by atoms with Crippen LogP contribution in [0, 0.1) is 5.41 Å². The molecule has 1 atom stereocenters. The average molecular weight is 497 g/mol. The minimum atomic E-state index is -1.04. The number of hydrogen-bond donors (Lipinski definition) is 5. The molecule has 1 aromatic heterocycles. The van der Waals surface area contributed by atoms with Crippen molar-refractivity contribution in [2.24, 2.45) is 11.5 Å². The zero-order chi connectivity index (χ0) is 25.9. The lowest BCUT2D eigenvalue weighted by Gasteiger charge is -2.29. The van der Waals surface area contributed by atoms with Gasteiger partial charge in [0.05, 0.1) is 0 Å². The molecule has 0 saturated carbocycles. The Morgan fingerprint density at radius 3 is 2.46 bits per heavy atom. The number of aliphatic hydroxyl groups is 1. The quantitative estimate of drug-likeness (QED) is 0.149. The van der Waals surface area contributed by atoms with Gasteiger partial charge in [-0.05, 0) is 60.7 Å². The average Bonchev–Trinajstić information content (AvgIpc) is 3.27. The number of nitrogen functional groups attached to an aromatic ring is 1.